The summed E-state index contributed by atoms with van der Waals surface area (Å²) in [6.45, 7) is 3.59. The van der Waals surface area contributed by atoms with Crippen LogP contribution < -0.4 is 5.32 Å². The molecule has 1 heterocycles. The van der Waals surface area contributed by atoms with Crippen LogP contribution in [0.2, 0.25) is 10.0 Å². The number of halogens is 2. The SMILES string of the molecule is CCn1cc(NCc2cc(Cl)cc(Cl)c2)cn1. The standard InChI is InChI=1S/C12H13Cl2N3/c1-2-17-8-12(7-16-17)15-6-9-3-10(13)5-11(14)4-9/h3-5,7-8,15H,2,6H2,1H3. The smallest absolute Gasteiger partial charge is 0.0729 e. The van der Waals surface area contributed by atoms with E-state index in [1.54, 1.807) is 12.3 Å². The van der Waals surface area contributed by atoms with Crippen LogP contribution in [0.25, 0.3) is 0 Å². The summed E-state index contributed by atoms with van der Waals surface area (Å²) in [5.74, 6) is 0. The number of aryl methyl sites for hydroxylation is 1. The second kappa shape index (κ2) is 5.43. The Morgan fingerprint density at radius 2 is 1.94 bits per heavy atom. The highest BCUT2D eigenvalue weighted by Gasteiger charge is 2.00. The van der Waals surface area contributed by atoms with Gasteiger partial charge in [-0.3, -0.25) is 4.68 Å². The molecule has 1 aromatic heterocycles. The Balaban J connectivity index is 2.01. The molecule has 0 aliphatic carbocycles. The zero-order valence-corrected chi connectivity index (χ0v) is 11.0. The highest BCUT2D eigenvalue weighted by atomic mass is 35.5. The lowest BCUT2D eigenvalue weighted by Crippen LogP contribution is -1.98. The van der Waals surface area contributed by atoms with Crippen LogP contribution in [-0.2, 0) is 13.1 Å². The van der Waals surface area contributed by atoms with E-state index in [1.165, 1.54) is 0 Å². The van der Waals surface area contributed by atoms with Crippen molar-refractivity contribution in [1.82, 2.24) is 9.78 Å². The van der Waals surface area contributed by atoms with E-state index in [0.717, 1.165) is 17.8 Å². The average Bonchev–Trinajstić information content (AvgIpc) is 2.73. The summed E-state index contributed by atoms with van der Waals surface area (Å²) in [5.41, 5.74) is 2.04. The van der Waals surface area contributed by atoms with E-state index in [9.17, 15) is 0 Å². The Morgan fingerprint density at radius 3 is 2.53 bits per heavy atom. The minimum absolute atomic E-state index is 0.651. The predicted octanol–water partition coefficient (Wildman–Crippen LogP) is 3.82. The summed E-state index contributed by atoms with van der Waals surface area (Å²) >= 11 is 11.9. The highest BCUT2D eigenvalue weighted by Crippen LogP contribution is 2.19. The normalized spacial score (nSPS) is 10.5. The maximum atomic E-state index is 5.93. The zero-order chi connectivity index (χ0) is 12.3. The fourth-order valence-electron chi connectivity index (χ4n) is 1.54. The van der Waals surface area contributed by atoms with Crippen molar-refractivity contribution in [1.29, 1.82) is 0 Å². The molecule has 0 unspecified atom stereocenters. The third-order valence-corrected chi connectivity index (χ3v) is 2.81. The molecule has 0 fully saturated rings. The van der Waals surface area contributed by atoms with E-state index in [-0.39, 0.29) is 0 Å². The molecule has 2 aromatic rings. The Labute approximate surface area is 110 Å². The van der Waals surface area contributed by atoms with Crippen molar-refractivity contribution in [3.05, 3.63) is 46.2 Å². The van der Waals surface area contributed by atoms with E-state index in [1.807, 2.05) is 29.9 Å². The van der Waals surface area contributed by atoms with Gasteiger partial charge in [0.1, 0.15) is 0 Å². The number of benzene rings is 1. The molecule has 2 rings (SSSR count). The number of nitrogens with one attached hydrogen (secondary N) is 1. The first-order valence-corrected chi connectivity index (χ1v) is 6.14. The Kier molecular flexibility index (Phi) is 3.92. The molecular formula is C12H13Cl2N3. The predicted molar refractivity (Wildman–Crippen MR) is 71.7 cm³/mol. The molecule has 0 aliphatic heterocycles. The summed E-state index contributed by atoms with van der Waals surface area (Å²) < 4.78 is 1.87. The van der Waals surface area contributed by atoms with Gasteiger partial charge in [-0.05, 0) is 30.7 Å². The molecule has 0 aliphatic rings. The lowest BCUT2D eigenvalue weighted by molar-refractivity contribution is 0.660. The van der Waals surface area contributed by atoms with Gasteiger partial charge in [0.05, 0.1) is 11.9 Å². The highest BCUT2D eigenvalue weighted by molar-refractivity contribution is 6.34. The first-order valence-electron chi connectivity index (χ1n) is 5.38. The van der Waals surface area contributed by atoms with Crippen LogP contribution in [0.15, 0.2) is 30.6 Å². The molecule has 0 saturated carbocycles. The molecular weight excluding hydrogens is 257 g/mol. The van der Waals surface area contributed by atoms with Gasteiger partial charge in [0.15, 0.2) is 0 Å². The van der Waals surface area contributed by atoms with Gasteiger partial charge < -0.3 is 5.32 Å². The first-order chi connectivity index (χ1) is 8.17. The van der Waals surface area contributed by atoms with Crippen LogP contribution in [0.5, 0.6) is 0 Å². The van der Waals surface area contributed by atoms with Crippen molar-refractivity contribution in [2.24, 2.45) is 0 Å². The molecule has 0 bridgehead atoms. The lowest BCUT2D eigenvalue weighted by atomic mass is 10.2. The second-order valence-electron chi connectivity index (χ2n) is 3.72. The fraction of sp³-hybridized carbons (Fsp3) is 0.250. The minimum atomic E-state index is 0.651. The van der Waals surface area contributed by atoms with E-state index in [2.05, 4.69) is 10.4 Å². The van der Waals surface area contributed by atoms with Crippen molar-refractivity contribution >= 4 is 28.9 Å². The molecule has 1 aromatic carbocycles. The summed E-state index contributed by atoms with van der Waals surface area (Å²) in [5, 5.41) is 8.76. The van der Waals surface area contributed by atoms with Gasteiger partial charge in [-0.1, -0.05) is 23.2 Å². The van der Waals surface area contributed by atoms with Gasteiger partial charge in [-0.15, -0.1) is 0 Å². The molecule has 0 radical (unpaired) electrons. The molecule has 90 valence electrons. The average molecular weight is 270 g/mol. The van der Waals surface area contributed by atoms with Crippen molar-refractivity contribution in [3.63, 3.8) is 0 Å². The monoisotopic (exact) mass is 269 g/mol. The fourth-order valence-corrected chi connectivity index (χ4v) is 2.12. The van der Waals surface area contributed by atoms with E-state index in [4.69, 9.17) is 23.2 Å². The Hall–Kier alpha value is -1.19. The molecule has 0 amide bonds. The molecule has 0 saturated heterocycles. The molecule has 1 N–H and O–H groups in total. The van der Waals surface area contributed by atoms with E-state index < -0.39 is 0 Å². The number of anilines is 1. The maximum absolute atomic E-state index is 5.93. The summed E-state index contributed by atoms with van der Waals surface area (Å²) in [4.78, 5) is 0. The summed E-state index contributed by atoms with van der Waals surface area (Å²) in [6.07, 6.45) is 3.77. The number of rotatable bonds is 4. The number of hydrogen-bond acceptors (Lipinski definition) is 2. The summed E-state index contributed by atoms with van der Waals surface area (Å²) in [7, 11) is 0. The topological polar surface area (TPSA) is 29.9 Å². The van der Waals surface area contributed by atoms with Gasteiger partial charge in [0.25, 0.3) is 0 Å². The number of aromatic nitrogens is 2. The van der Waals surface area contributed by atoms with Gasteiger partial charge in [-0.2, -0.15) is 5.10 Å². The molecule has 17 heavy (non-hydrogen) atoms. The van der Waals surface area contributed by atoms with Gasteiger partial charge in [-0.25, -0.2) is 0 Å². The van der Waals surface area contributed by atoms with Crippen LogP contribution in [-0.4, -0.2) is 9.78 Å². The summed E-state index contributed by atoms with van der Waals surface area (Å²) in [6, 6.07) is 5.51. The van der Waals surface area contributed by atoms with Crippen molar-refractivity contribution < 1.29 is 0 Å². The third-order valence-electron chi connectivity index (χ3n) is 2.38. The van der Waals surface area contributed by atoms with Crippen molar-refractivity contribution in [3.8, 4) is 0 Å². The first kappa shape index (κ1) is 12.3. The van der Waals surface area contributed by atoms with Crippen LogP contribution in [0.3, 0.4) is 0 Å². The quantitative estimate of drug-likeness (QED) is 0.915. The van der Waals surface area contributed by atoms with Crippen molar-refractivity contribution in [2.75, 3.05) is 5.32 Å². The molecule has 0 atom stereocenters. The number of nitrogens with zero attached hydrogens (tertiary/aromatic N) is 2. The second-order valence-corrected chi connectivity index (χ2v) is 4.59. The van der Waals surface area contributed by atoms with Gasteiger partial charge in [0, 0.05) is 29.3 Å². The van der Waals surface area contributed by atoms with E-state index >= 15 is 0 Å². The molecule has 3 nitrogen and oxygen atoms in total. The Morgan fingerprint density at radius 1 is 1.24 bits per heavy atom. The zero-order valence-electron chi connectivity index (χ0n) is 9.45. The van der Waals surface area contributed by atoms with Crippen LogP contribution in [0.1, 0.15) is 12.5 Å². The van der Waals surface area contributed by atoms with Crippen LogP contribution in [0.4, 0.5) is 5.69 Å². The van der Waals surface area contributed by atoms with Crippen LogP contribution >= 0.6 is 23.2 Å². The van der Waals surface area contributed by atoms with Crippen molar-refractivity contribution in [2.45, 2.75) is 20.0 Å². The molecule has 0 spiro atoms. The minimum Gasteiger partial charge on any atom is -0.378 e. The number of hydrogen-bond donors (Lipinski definition) is 1. The van der Waals surface area contributed by atoms with E-state index in [0.29, 0.717) is 16.6 Å². The molecule has 5 heteroatoms. The lowest BCUT2D eigenvalue weighted by Gasteiger charge is -2.05. The van der Waals surface area contributed by atoms with Crippen LogP contribution in [0, 0.1) is 0 Å². The van der Waals surface area contributed by atoms with Gasteiger partial charge >= 0.3 is 0 Å². The third kappa shape index (κ3) is 3.38. The Bertz CT molecular complexity index is 488. The maximum Gasteiger partial charge on any atom is 0.0729 e. The largest absolute Gasteiger partial charge is 0.378 e. The van der Waals surface area contributed by atoms with Gasteiger partial charge in [0.2, 0.25) is 0 Å².